The van der Waals surface area contributed by atoms with Crippen LogP contribution in [0.25, 0.3) is 0 Å². The summed E-state index contributed by atoms with van der Waals surface area (Å²) in [6, 6.07) is 6.68. The molecule has 2 rings (SSSR count). The molecule has 1 heterocycles. The Bertz CT molecular complexity index is 598. The summed E-state index contributed by atoms with van der Waals surface area (Å²) in [5.74, 6) is 1.25. The molecule has 5 heteroatoms. The van der Waals surface area contributed by atoms with Crippen molar-refractivity contribution in [2.24, 2.45) is 0 Å². The van der Waals surface area contributed by atoms with Gasteiger partial charge in [0.05, 0.1) is 11.1 Å². The van der Waals surface area contributed by atoms with Gasteiger partial charge in [-0.2, -0.15) is 0 Å². The first-order valence-electron chi connectivity index (χ1n) is 5.83. The van der Waals surface area contributed by atoms with Gasteiger partial charge in [0, 0.05) is 17.8 Å². The molecular weight excluding hydrogens is 244 g/mol. The number of aryl methyl sites for hydroxylation is 3. The first kappa shape index (κ1) is 13.0. The van der Waals surface area contributed by atoms with Crippen LogP contribution in [-0.4, -0.2) is 9.91 Å². The molecule has 0 aliphatic carbocycles. The maximum atomic E-state index is 10.8. The van der Waals surface area contributed by atoms with E-state index < -0.39 is 4.92 Å². The van der Waals surface area contributed by atoms with Crippen LogP contribution in [0.2, 0.25) is 0 Å². The molecule has 0 spiro atoms. The molecule has 0 aliphatic heterocycles. The van der Waals surface area contributed by atoms with Crippen molar-refractivity contribution in [3.05, 3.63) is 57.4 Å². The highest BCUT2D eigenvalue weighted by molar-refractivity contribution is 5.50. The standard InChI is InChI=1S/C14H14N2O3/c1-9-6-12(16(17)18)7-10(2)14(9)19-13-5-4-11(3)15-8-13/h4-8H,1-3H3. The van der Waals surface area contributed by atoms with Gasteiger partial charge in [-0.05, 0) is 44.0 Å². The van der Waals surface area contributed by atoms with Gasteiger partial charge in [0.1, 0.15) is 11.5 Å². The van der Waals surface area contributed by atoms with E-state index in [0.29, 0.717) is 11.5 Å². The molecule has 19 heavy (non-hydrogen) atoms. The lowest BCUT2D eigenvalue weighted by Crippen LogP contribution is -1.95. The third-order valence-corrected chi connectivity index (χ3v) is 2.76. The number of nitro groups is 1. The number of aromatic nitrogens is 1. The number of hydrogen-bond donors (Lipinski definition) is 0. The Labute approximate surface area is 111 Å². The minimum atomic E-state index is -0.406. The zero-order valence-electron chi connectivity index (χ0n) is 11.0. The quantitative estimate of drug-likeness (QED) is 0.621. The Hall–Kier alpha value is -2.43. The first-order chi connectivity index (χ1) is 8.97. The highest BCUT2D eigenvalue weighted by Gasteiger charge is 2.13. The maximum absolute atomic E-state index is 10.8. The topological polar surface area (TPSA) is 65.3 Å². The highest BCUT2D eigenvalue weighted by Crippen LogP contribution is 2.31. The molecule has 5 nitrogen and oxygen atoms in total. The van der Waals surface area contributed by atoms with Crippen molar-refractivity contribution in [3.63, 3.8) is 0 Å². The molecule has 0 atom stereocenters. The smallest absolute Gasteiger partial charge is 0.270 e. The molecule has 0 radical (unpaired) electrons. The van der Waals surface area contributed by atoms with Gasteiger partial charge in [0.25, 0.3) is 5.69 Å². The number of rotatable bonds is 3. The van der Waals surface area contributed by atoms with E-state index in [1.165, 1.54) is 12.1 Å². The number of pyridine rings is 1. The molecule has 0 N–H and O–H groups in total. The molecule has 2 aromatic rings. The zero-order valence-corrected chi connectivity index (χ0v) is 11.0. The Balaban J connectivity index is 2.35. The van der Waals surface area contributed by atoms with E-state index in [0.717, 1.165) is 16.8 Å². The van der Waals surface area contributed by atoms with Crippen LogP contribution in [0.5, 0.6) is 11.5 Å². The van der Waals surface area contributed by atoms with E-state index >= 15 is 0 Å². The van der Waals surface area contributed by atoms with Crippen molar-refractivity contribution in [2.45, 2.75) is 20.8 Å². The van der Waals surface area contributed by atoms with Crippen molar-refractivity contribution < 1.29 is 9.66 Å². The normalized spacial score (nSPS) is 10.3. The summed E-state index contributed by atoms with van der Waals surface area (Å²) < 4.78 is 5.74. The minimum absolute atomic E-state index is 0.0735. The Morgan fingerprint density at radius 3 is 2.26 bits per heavy atom. The van der Waals surface area contributed by atoms with Crippen LogP contribution in [0, 0.1) is 30.9 Å². The van der Waals surface area contributed by atoms with Crippen LogP contribution in [0.15, 0.2) is 30.5 Å². The van der Waals surface area contributed by atoms with Gasteiger partial charge >= 0.3 is 0 Å². The zero-order chi connectivity index (χ0) is 14.0. The molecule has 98 valence electrons. The number of nitrogens with zero attached hydrogens (tertiary/aromatic N) is 2. The second-order valence-corrected chi connectivity index (χ2v) is 4.40. The SMILES string of the molecule is Cc1ccc(Oc2c(C)cc([N+](=O)[O-])cc2C)cn1. The van der Waals surface area contributed by atoms with Crippen molar-refractivity contribution >= 4 is 5.69 Å². The van der Waals surface area contributed by atoms with E-state index in [-0.39, 0.29) is 5.69 Å². The van der Waals surface area contributed by atoms with Crippen LogP contribution in [0.4, 0.5) is 5.69 Å². The molecule has 0 bridgehead atoms. The van der Waals surface area contributed by atoms with E-state index in [1.807, 2.05) is 19.1 Å². The summed E-state index contributed by atoms with van der Waals surface area (Å²) in [7, 11) is 0. The Kier molecular flexibility index (Phi) is 3.46. The molecule has 0 saturated carbocycles. The number of benzene rings is 1. The van der Waals surface area contributed by atoms with Gasteiger partial charge in [0.15, 0.2) is 0 Å². The molecule has 0 amide bonds. The molecular formula is C14H14N2O3. The van der Waals surface area contributed by atoms with E-state index in [1.54, 1.807) is 20.0 Å². The fourth-order valence-corrected chi connectivity index (χ4v) is 1.83. The van der Waals surface area contributed by atoms with Gasteiger partial charge in [-0.1, -0.05) is 0 Å². The van der Waals surface area contributed by atoms with Gasteiger partial charge < -0.3 is 4.74 Å². The van der Waals surface area contributed by atoms with E-state index in [9.17, 15) is 10.1 Å². The number of hydrogen-bond acceptors (Lipinski definition) is 4. The molecule has 0 fully saturated rings. The fourth-order valence-electron chi connectivity index (χ4n) is 1.83. The predicted molar refractivity (Wildman–Crippen MR) is 71.6 cm³/mol. The van der Waals surface area contributed by atoms with Crippen LogP contribution in [0.3, 0.4) is 0 Å². The van der Waals surface area contributed by atoms with Crippen molar-refractivity contribution in [1.29, 1.82) is 0 Å². The summed E-state index contributed by atoms with van der Waals surface area (Å²) >= 11 is 0. The summed E-state index contributed by atoms with van der Waals surface area (Å²) in [5.41, 5.74) is 2.44. The van der Waals surface area contributed by atoms with E-state index in [2.05, 4.69) is 4.98 Å². The third-order valence-electron chi connectivity index (χ3n) is 2.76. The lowest BCUT2D eigenvalue weighted by atomic mass is 10.1. The van der Waals surface area contributed by atoms with Gasteiger partial charge in [-0.3, -0.25) is 15.1 Å². The van der Waals surface area contributed by atoms with Crippen LogP contribution < -0.4 is 4.74 Å². The maximum Gasteiger partial charge on any atom is 0.270 e. The van der Waals surface area contributed by atoms with Gasteiger partial charge in [-0.25, -0.2) is 0 Å². The number of non-ortho nitro benzene ring substituents is 1. The predicted octanol–water partition coefficient (Wildman–Crippen LogP) is 3.71. The molecule has 0 saturated heterocycles. The van der Waals surface area contributed by atoms with Crippen molar-refractivity contribution in [1.82, 2.24) is 4.98 Å². The van der Waals surface area contributed by atoms with Crippen LogP contribution in [-0.2, 0) is 0 Å². The average Bonchev–Trinajstić information content (AvgIpc) is 2.35. The molecule has 1 aromatic carbocycles. The summed E-state index contributed by atoms with van der Waals surface area (Å²) in [5, 5.41) is 10.8. The molecule has 0 unspecified atom stereocenters. The second kappa shape index (κ2) is 5.06. The van der Waals surface area contributed by atoms with Crippen LogP contribution in [0.1, 0.15) is 16.8 Å². The lowest BCUT2D eigenvalue weighted by molar-refractivity contribution is -0.385. The monoisotopic (exact) mass is 258 g/mol. The average molecular weight is 258 g/mol. The fraction of sp³-hybridized carbons (Fsp3) is 0.214. The summed E-state index contributed by atoms with van der Waals surface area (Å²) in [6.45, 7) is 5.47. The van der Waals surface area contributed by atoms with E-state index in [4.69, 9.17) is 4.74 Å². The third kappa shape index (κ3) is 2.88. The minimum Gasteiger partial charge on any atom is -0.455 e. The van der Waals surface area contributed by atoms with Crippen LogP contribution >= 0.6 is 0 Å². The number of ether oxygens (including phenoxy) is 1. The van der Waals surface area contributed by atoms with Crippen molar-refractivity contribution in [2.75, 3.05) is 0 Å². The second-order valence-electron chi connectivity index (χ2n) is 4.40. The summed E-state index contributed by atoms with van der Waals surface area (Å²) in [4.78, 5) is 14.5. The molecule has 0 aliphatic rings. The highest BCUT2D eigenvalue weighted by atomic mass is 16.6. The van der Waals surface area contributed by atoms with Gasteiger partial charge in [0.2, 0.25) is 0 Å². The summed E-state index contributed by atoms with van der Waals surface area (Å²) in [6.07, 6.45) is 1.63. The van der Waals surface area contributed by atoms with Crippen molar-refractivity contribution in [3.8, 4) is 11.5 Å². The Morgan fingerprint density at radius 2 is 1.79 bits per heavy atom. The Morgan fingerprint density at radius 1 is 1.16 bits per heavy atom. The lowest BCUT2D eigenvalue weighted by Gasteiger charge is -2.11. The van der Waals surface area contributed by atoms with Gasteiger partial charge in [-0.15, -0.1) is 0 Å². The first-order valence-corrected chi connectivity index (χ1v) is 5.83. The molecule has 1 aromatic heterocycles. The number of nitro benzene ring substituents is 1. The largest absolute Gasteiger partial charge is 0.455 e.